The zero-order valence-corrected chi connectivity index (χ0v) is 17.6. The molecular weight excluding hydrogens is 376 g/mol. The summed E-state index contributed by atoms with van der Waals surface area (Å²) >= 11 is 0. The minimum Gasteiger partial charge on any atom is -0.462 e. The number of unbranched alkanes of at least 4 members (excludes halogenated alkanes) is 4. The number of nitrogens with zero attached hydrogens (tertiary/aromatic N) is 3. The Hall–Kier alpha value is -3.15. The maximum atomic E-state index is 13.2. The van der Waals surface area contributed by atoms with Gasteiger partial charge in [-0.15, -0.1) is 0 Å². The molecule has 1 atom stereocenters. The van der Waals surface area contributed by atoms with E-state index in [-0.39, 0.29) is 12.0 Å². The van der Waals surface area contributed by atoms with E-state index in [9.17, 15) is 4.79 Å². The highest BCUT2D eigenvalue weighted by molar-refractivity contribution is 5.94. The number of fused-ring (bicyclic) bond motifs is 3. The Balaban J connectivity index is 1.66. The van der Waals surface area contributed by atoms with Crippen LogP contribution < -0.4 is 5.32 Å². The largest absolute Gasteiger partial charge is 0.462 e. The minimum atomic E-state index is -0.316. The molecular formula is C24H28N4O2. The summed E-state index contributed by atoms with van der Waals surface area (Å²) in [6, 6.07) is 11.5. The number of rotatable bonds is 8. The lowest BCUT2D eigenvalue weighted by atomic mass is 9.96. The molecule has 0 saturated carbocycles. The predicted octanol–water partition coefficient (Wildman–Crippen LogP) is 5.23. The van der Waals surface area contributed by atoms with E-state index in [0.717, 1.165) is 41.1 Å². The number of carbonyl (C=O) groups excluding carboxylic acids is 1. The van der Waals surface area contributed by atoms with Gasteiger partial charge in [-0.05, 0) is 43.2 Å². The van der Waals surface area contributed by atoms with Crippen LogP contribution in [-0.4, -0.2) is 27.1 Å². The predicted molar refractivity (Wildman–Crippen MR) is 118 cm³/mol. The van der Waals surface area contributed by atoms with E-state index >= 15 is 0 Å². The number of esters is 1. The number of hydrogen-bond acceptors (Lipinski definition) is 5. The standard InChI is InChI=1S/C24H28N4O2/c1-3-4-5-6-9-16-30-23(29)21-17(2)26-24-27-19-10-7-8-11-20(19)28(24)22(21)18-12-14-25-15-13-18/h7-8,10-15,22H,3-6,9,16H2,1-2H3,(H,26,27)/t22-/m1/s1. The number of allylic oxidation sites excluding steroid dienone is 1. The van der Waals surface area contributed by atoms with Crippen LogP contribution in [0.1, 0.15) is 57.6 Å². The highest BCUT2D eigenvalue weighted by atomic mass is 16.5. The number of benzene rings is 1. The number of aromatic nitrogens is 3. The molecule has 1 N–H and O–H groups in total. The van der Waals surface area contributed by atoms with Gasteiger partial charge in [0.15, 0.2) is 0 Å². The lowest BCUT2D eigenvalue weighted by molar-refractivity contribution is -0.139. The second-order valence-electron chi connectivity index (χ2n) is 7.69. The third-order valence-corrected chi connectivity index (χ3v) is 5.55. The molecule has 1 aliphatic heterocycles. The van der Waals surface area contributed by atoms with E-state index in [4.69, 9.17) is 9.72 Å². The number of carbonyl (C=O) groups is 1. The van der Waals surface area contributed by atoms with Gasteiger partial charge in [-0.1, -0.05) is 44.7 Å². The van der Waals surface area contributed by atoms with E-state index in [1.165, 1.54) is 19.3 Å². The molecule has 0 unspecified atom stereocenters. The summed E-state index contributed by atoms with van der Waals surface area (Å²) in [5.74, 6) is 0.451. The van der Waals surface area contributed by atoms with Crippen molar-refractivity contribution < 1.29 is 9.53 Å². The Bertz CT molecular complexity index is 1060. The molecule has 6 heteroatoms. The van der Waals surface area contributed by atoms with E-state index in [1.54, 1.807) is 12.4 Å². The number of ether oxygens (including phenoxy) is 1. The Morgan fingerprint density at radius 2 is 1.87 bits per heavy atom. The fourth-order valence-electron chi connectivity index (χ4n) is 4.04. The number of pyridine rings is 1. The van der Waals surface area contributed by atoms with E-state index in [0.29, 0.717) is 12.2 Å². The Labute approximate surface area is 177 Å². The average Bonchev–Trinajstić information content (AvgIpc) is 3.13. The highest BCUT2D eigenvalue weighted by Gasteiger charge is 2.34. The Kier molecular flexibility index (Phi) is 6.12. The van der Waals surface area contributed by atoms with Gasteiger partial charge in [-0.3, -0.25) is 9.55 Å². The third-order valence-electron chi connectivity index (χ3n) is 5.55. The van der Waals surface area contributed by atoms with Crippen LogP contribution in [0.5, 0.6) is 0 Å². The van der Waals surface area contributed by atoms with Crippen molar-refractivity contribution in [2.24, 2.45) is 0 Å². The van der Waals surface area contributed by atoms with Crippen molar-refractivity contribution in [2.75, 3.05) is 11.9 Å². The van der Waals surface area contributed by atoms with Crippen LogP contribution in [-0.2, 0) is 9.53 Å². The average molecular weight is 405 g/mol. The summed E-state index contributed by atoms with van der Waals surface area (Å²) in [4.78, 5) is 22.1. The summed E-state index contributed by atoms with van der Waals surface area (Å²) in [5, 5.41) is 3.31. The SMILES string of the molecule is CCCCCCCOC(=O)C1=C(C)Nc2nc3ccccc3n2[C@@H]1c1ccncc1. The zero-order valence-electron chi connectivity index (χ0n) is 17.6. The summed E-state index contributed by atoms with van der Waals surface area (Å²) in [7, 11) is 0. The molecule has 4 rings (SSSR count). The van der Waals surface area contributed by atoms with Gasteiger partial charge in [0.1, 0.15) is 0 Å². The first-order valence-corrected chi connectivity index (χ1v) is 10.7. The number of anilines is 1. The zero-order chi connectivity index (χ0) is 20.9. The molecule has 1 aliphatic rings. The van der Waals surface area contributed by atoms with Crippen LogP contribution in [0, 0.1) is 0 Å². The van der Waals surface area contributed by atoms with Gasteiger partial charge < -0.3 is 10.1 Å². The topological polar surface area (TPSA) is 69.0 Å². The van der Waals surface area contributed by atoms with Gasteiger partial charge in [0.2, 0.25) is 5.95 Å². The van der Waals surface area contributed by atoms with Crippen molar-refractivity contribution in [3.05, 3.63) is 65.6 Å². The van der Waals surface area contributed by atoms with E-state index in [1.807, 2.05) is 43.3 Å². The van der Waals surface area contributed by atoms with Crippen molar-refractivity contribution in [2.45, 2.75) is 52.0 Å². The van der Waals surface area contributed by atoms with Crippen molar-refractivity contribution in [3.8, 4) is 0 Å². The van der Waals surface area contributed by atoms with Crippen LogP contribution in [0.3, 0.4) is 0 Å². The lowest BCUT2D eigenvalue weighted by Crippen LogP contribution is -2.29. The number of para-hydroxylation sites is 2. The molecule has 3 aromatic rings. The van der Waals surface area contributed by atoms with Gasteiger partial charge in [0, 0.05) is 18.1 Å². The first-order chi connectivity index (χ1) is 14.7. The van der Waals surface area contributed by atoms with Gasteiger partial charge >= 0.3 is 5.97 Å². The Morgan fingerprint density at radius 1 is 1.10 bits per heavy atom. The fourth-order valence-corrected chi connectivity index (χ4v) is 4.04. The van der Waals surface area contributed by atoms with Crippen molar-refractivity contribution in [3.63, 3.8) is 0 Å². The van der Waals surface area contributed by atoms with E-state index in [2.05, 4.69) is 21.8 Å². The van der Waals surface area contributed by atoms with Crippen molar-refractivity contribution >= 4 is 23.0 Å². The number of hydrogen-bond donors (Lipinski definition) is 1. The molecule has 0 spiro atoms. The minimum absolute atomic E-state index is 0.277. The van der Waals surface area contributed by atoms with Gasteiger partial charge in [-0.2, -0.15) is 0 Å². The maximum Gasteiger partial charge on any atom is 0.338 e. The quantitative estimate of drug-likeness (QED) is 0.411. The van der Waals surface area contributed by atoms with Crippen LogP contribution in [0.4, 0.5) is 5.95 Å². The van der Waals surface area contributed by atoms with Crippen LogP contribution in [0.15, 0.2) is 60.1 Å². The summed E-state index contributed by atoms with van der Waals surface area (Å²) < 4.78 is 7.78. The summed E-state index contributed by atoms with van der Waals surface area (Å²) in [5.41, 5.74) is 4.22. The number of nitrogens with one attached hydrogen (secondary N) is 1. The number of imidazole rings is 1. The van der Waals surface area contributed by atoms with E-state index < -0.39 is 0 Å². The molecule has 0 fully saturated rings. The second kappa shape index (κ2) is 9.11. The maximum absolute atomic E-state index is 13.2. The third kappa shape index (κ3) is 3.95. The van der Waals surface area contributed by atoms with Gasteiger partial charge in [-0.25, -0.2) is 9.78 Å². The van der Waals surface area contributed by atoms with Crippen molar-refractivity contribution in [1.29, 1.82) is 0 Å². The highest BCUT2D eigenvalue weighted by Crippen LogP contribution is 2.39. The van der Waals surface area contributed by atoms with Gasteiger partial charge in [0.25, 0.3) is 0 Å². The summed E-state index contributed by atoms with van der Waals surface area (Å²) in [6.07, 6.45) is 9.09. The smallest absolute Gasteiger partial charge is 0.338 e. The molecule has 3 heterocycles. The lowest BCUT2D eigenvalue weighted by Gasteiger charge is -2.30. The molecule has 30 heavy (non-hydrogen) atoms. The summed E-state index contributed by atoms with van der Waals surface area (Å²) in [6.45, 7) is 4.55. The molecule has 0 aliphatic carbocycles. The fraction of sp³-hybridized carbons (Fsp3) is 0.375. The molecule has 0 bridgehead atoms. The molecule has 2 aromatic heterocycles. The molecule has 156 valence electrons. The Morgan fingerprint density at radius 3 is 2.67 bits per heavy atom. The second-order valence-corrected chi connectivity index (χ2v) is 7.69. The molecule has 6 nitrogen and oxygen atoms in total. The molecule has 0 radical (unpaired) electrons. The monoisotopic (exact) mass is 404 g/mol. The van der Waals surface area contributed by atoms with Crippen molar-refractivity contribution in [1.82, 2.24) is 14.5 Å². The van der Waals surface area contributed by atoms with Crippen LogP contribution in [0.2, 0.25) is 0 Å². The van der Waals surface area contributed by atoms with Gasteiger partial charge in [0.05, 0.1) is 29.3 Å². The molecule has 0 amide bonds. The first-order valence-electron chi connectivity index (χ1n) is 10.7. The normalized spacial score (nSPS) is 15.7. The molecule has 0 saturated heterocycles. The van der Waals surface area contributed by atoms with Crippen LogP contribution >= 0.6 is 0 Å². The molecule has 1 aromatic carbocycles. The first kappa shape index (κ1) is 20.1. The van der Waals surface area contributed by atoms with Crippen LogP contribution in [0.25, 0.3) is 11.0 Å².